The maximum atomic E-state index is 12.4. The lowest BCUT2D eigenvalue weighted by Crippen LogP contribution is -2.44. The van der Waals surface area contributed by atoms with E-state index in [0.717, 1.165) is 0 Å². The highest BCUT2D eigenvalue weighted by Crippen LogP contribution is 2.25. The molecule has 2 atom stereocenters. The van der Waals surface area contributed by atoms with E-state index >= 15 is 0 Å². The zero-order valence-electron chi connectivity index (χ0n) is 16.1. The molecule has 1 rings (SSSR count). The maximum Gasteiger partial charge on any atom is 0.509 e. The third-order valence-electron chi connectivity index (χ3n) is 3.10. The minimum Gasteiger partial charge on any atom is -0.464 e. The number of rotatable bonds is 3. The van der Waals surface area contributed by atoms with E-state index in [0.29, 0.717) is 0 Å². The minimum absolute atomic E-state index is 0.0393. The van der Waals surface area contributed by atoms with Gasteiger partial charge in [0.1, 0.15) is 23.3 Å². The second kappa shape index (κ2) is 7.93. The molecule has 8 heteroatoms. The van der Waals surface area contributed by atoms with Gasteiger partial charge in [-0.25, -0.2) is 14.4 Å². The smallest absolute Gasteiger partial charge is 0.464 e. The Morgan fingerprint density at radius 3 is 2.04 bits per heavy atom. The molecular formula is C17H29NO7. The summed E-state index contributed by atoms with van der Waals surface area (Å²) in [7, 11) is 0. The fourth-order valence-corrected chi connectivity index (χ4v) is 2.28. The number of carbonyl (C=O) groups excluding carboxylic acids is 3. The highest BCUT2D eigenvalue weighted by Gasteiger charge is 2.44. The molecule has 0 N–H and O–H groups in total. The van der Waals surface area contributed by atoms with E-state index in [1.807, 2.05) is 0 Å². The number of esters is 1. The first kappa shape index (κ1) is 21.1. The molecular weight excluding hydrogens is 330 g/mol. The Hall–Kier alpha value is -1.99. The van der Waals surface area contributed by atoms with Gasteiger partial charge in [-0.15, -0.1) is 0 Å². The summed E-state index contributed by atoms with van der Waals surface area (Å²) in [5, 5.41) is 0. The molecule has 0 bridgehead atoms. The highest BCUT2D eigenvalue weighted by atomic mass is 16.7. The number of likely N-dealkylation sites (tertiary alicyclic amines) is 1. The van der Waals surface area contributed by atoms with Gasteiger partial charge in [0.05, 0.1) is 13.2 Å². The Morgan fingerprint density at radius 2 is 1.56 bits per heavy atom. The number of hydrogen-bond acceptors (Lipinski definition) is 7. The average Bonchev–Trinajstić information content (AvgIpc) is 2.78. The molecule has 1 saturated heterocycles. The number of nitrogens with zero attached hydrogens (tertiary/aromatic N) is 1. The fraction of sp³-hybridized carbons (Fsp3) is 0.824. The van der Waals surface area contributed by atoms with E-state index in [9.17, 15) is 14.4 Å². The summed E-state index contributed by atoms with van der Waals surface area (Å²) >= 11 is 0. The van der Waals surface area contributed by atoms with Crippen LogP contribution < -0.4 is 0 Å². The number of hydrogen-bond donors (Lipinski definition) is 0. The largest absolute Gasteiger partial charge is 0.509 e. The summed E-state index contributed by atoms with van der Waals surface area (Å²) in [5.74, 6) is -0.552. The first-order valence-corrected chi connectivity index (χ1v) is 8.38. The van der Waals surface area contributed by atoms with Crippen LogP contribution in [0, 0.1) is 0 Å². The Morgan fingerprint density at radius 1 is 1.00 bits per heavy atom. The monoisotopic (exact) mass is 359 g/mol. The topological polar surface area (TPSA) is 91.4 Å². The molecule has 0 aromatic rings. The predicted octanol–water partition coefficient (Wildman–Crippen LogP) is 2.88. The number of ether oxygens (including phenoxy) is 4. The van der Waals surface area contributed by atoms with E-state index in [4.69, 9.17) is 18.9 Å². The normalized spacial score (nSPS) is 20.8. The van der Waals surface area contributed by atoms with Crippen LogP contribution in [-0.2, 0) is 23.7 Å². The van der Waals surface area contributed by atoms with Crippen molar-refractivity contribution in [3.05, 3.63) is 0 Å². The van der Waals surface area contributed by atoms with Crippen molar-refractivity contribution in [1.29, 1.82) is 0 Å². The molecule has 0 radical (unpaired) electrons. The van der Waals surface area contributed by atoms with Crippen molar-refractivity contribution in [2.75, 3.05) is 13.2 Å². The molecule has 0 aromatic carbocycles. The van der Waals surface area contributed by atoms with Crippen LogP contribution in [0.5, 0.6) is 0 Å². The van der Waals surface area contributed by atoms with Gasteiger partial charge in [-0.05, 0) is 48.5 Å². The summed E-state index contributed by atoms with van der Waals surface area (Å²) in [5.41, 5.74) is -1.40. The van der Waals surface area contributed by atoms with Crippen LogP contribution in [-0.4, -0.2) is 59.6 Å². The van der Waals surface area contributed by atoms with Gasteiger partial charge in [0.15, 0.2) is 0 Å². The molecule has 1 heterocycles. The van der Waals surface area contributed by atoms with Crippen molar-refractivity contribution in [3.63, 3.8) is 0 Å². The van der Waals surface area contributed by atoms with Crippen LogP contribution in [0.25, 0.3) is 0 Å². The van der Waals surface area contributed by atoms with E-state index in [-0.39, 0.29) is 19.6 Å². The third kappa shape index (κ3) is 7.19. The fourth-order valence-electron chi connectivity index (χ4n) is 2.28. The van der Waals surface area contributed by atoms with Crippen LogP contribution in [0.3, 0.4) is 0 Å². The Kier molecular flexibility index (Phi) is 6.68. The van der Waals surface area contributed by atoms with Crippen molar-refractivity contribution in [2.24, 2.45) is 0 Å². The molecule has 0 unspecified atom stereocenters. The zero-order valence-corrected chi connectivity index (χ0v) is 16.1. The third-order valence-corrected chi connectivity index (χ3v) is 3.10. The highest BCUT2D eigenvalue weighted by molar-refractivity contribution is 5.82. The maximum absolute atomic E-state index is 12.4. The first-order chi connectivity index (χ1) is 11.3. The van der Waals surface area contributed by atoms with Crippen LogP contribution in [0.15, 0.2) is 0 Å². The van der Waals surface area contributed by atoms with E-state index < -0.39 is 41.6 Å². The van der Waals surface area contributed by atoms with Gasteiger partial charge in [0, 0.05) is 6.42 Å². The molecule has 0 aliphatic carbocycles. The van der Waals surface area contributed by atoms with E-state index in [1.54, 1.807) is 48.5 Å². The second-order valence-corrected chi connectivity index (χ2v) is 7.84. The van der Waals surface area contributed by atoms with Crippen molar-refractivity contribution < 1.29 is 33.3 Å². The average molecular weight is 359 g/mol. The van der Waals surface area contributed by atoms with Crippen LogP contribution in [0.2, 0.25) is 0 Å². The van der Waals surface area contributed by atoms with Crippen molar-refractivity contribution in [2.45, 2.75) is 78.2 Å². The Labute approximate surface area is 148 Å². The van der Waals surface area contributed by atoms with Crippen molar-refractivity contribution in [1.82, 2.24) is 4.90 Å². The first-order valence-electron chi connectivity index (χ1n) is 8.38. The van der Waals surface area contributed by atoms with Gasteiger partial charge >= 0.3 is 18.2 Å². The van der Waals surface area contributed by atoms with Crippen molar-refractivity contribution in [3.8, 4) is 0 Å². The van der Waals surface area contributed by atoms with E-state index in [2.05, 4.69) is 0 Å². The molecule has 144 valence electrons. The lowest BCUT2D eigenvalue weighted by molar-refractivity contribution is -0.148. The lowest BCUT2D eigenvalue weighted by atomic mass is 10.2. The standard InChI is InChI=1S/C17H29NO7/c1-8-22-13(19)12-9-11(23-15(21)25-17(5,6)7)10-18(12)14(20)24-16(2,3)4/h11-12H,8-10H2,1-7H3/t11-,12+/m1/s1. The summed E-state index contributed by atoms with van der Waals surface area (Å²) in [6, 6.07) is -0.859. The summed E-state index contributed by atoms with van der Waals surface area (Å²) in [4.78, 5) is 37.6. The minimum atomic E-state index is -0.859. The lowest BCUT2D eigenvalue weighted by Gasteiger charge is -2.27. The Balaban J connectivity index is 2.81. The molecule has 0 saturated carbocycles. The molecule has 8 nitrogen and oxygen atoms in total. The van der Waals surface area contributed by atoms with Gasteiger partial charge < -0.3 is 18.9 Å². The second-order valence-electron chi connectivity index (χ2n) is 7.84. The van der Waals surface area contributed by atoms with Gasteiger partial charge in [-0.1, -0.05) is 0 Å². The van der Waals surface area contributed by atoms with E-state index in [1.165, 1.54) is 4.90 Å². The summed E-state index contributed by atoms with van der Waals surface area (Å²) < 4.78 is 20.7. The zero-order chi connectivity index (χ0) is 19.4. The quantitative estimate of drug-likeness (QED) is 0.565. The predicted molar refractivity (Wildman–Crippen MR) is 89.1 cm³/mol. The Bertz CT molecular complexity index is 504. The van der Waals surface area contributed by atoms with Gasteiger partial charge in [0.25, 0.3) is 0 Å². The molecule has 1 aliphatic heterocycles. The summed E-state index contributed by atoms with van der Waals surface area (Å²) in [6.07, 6.45) is -2.03. The van der Waals surface area contributed by atoms with Gasteiger partial charge in [0.2, 0.25) is 0 Å². The van der Waals surface area contributed by atoms with Crippen LogP contribution >= 0.6 is 0 Å². The number of carbonyl (C=O) groups is 3. The molecule has 1 fully saturated rings. The number of amides is 1. The molecule has 0 spiro atoms. The molecule has 1 amide bonds. The SMILES string of the molecule is CCOC(=O)[C@@H]1C[C@@H](OC(=O)OC(C)(C)C)CN1C(=O)OC(C)(C)C. The van der Waals surface area contributed by atoms with Crippen molar-refractivity contribution >= 4 is 18.2 Å². The van der Waals surface area contributed by atoms with Crippen LogP contribution in [0.4, 0.5) is 9.59 Å². The molecule has 25 heavy (non-hydrogen) atoms. The summed E-state index contributed by atoms with van der Waals surface area (Å²) in [6.45, 7) is 12.3. The van der Waals surface area contributed by atoms with Gasteiger partial charge in [-0.2, -0.15) is 0 Å². The molecule has 1 aliphatic rings. The van der Waals surface area contributed by atoms with Gasteiger partial charge in [-0.3, -0.25) is 4.90 Å². The van der Waals surface area contributed by atoms with Crippen LogP contribution in [0.1, 0.15) is 54.9 Å². The molecule has 0 aromatic heterocycles.